The SMILES string of the molecule is COc1ccccc1CN1CCN(CCCn2c(=O)ccc3ccccc32)CC1. The van der Waals surface area contributed by atoms with Crippen LogP contribution < -0.4 is 10.3 Å². The lowest BCUT2D eigenvalue weighted by Gasteiger charge is -2.35. The Bertz CT molecular complexity index is 1010. The maximum absolute atomic E-state index is 12.3. The molecular weight excluding hydrogens is 362 g/mol. The summed E-state index contributed by atoms with van der Waals surface area (Å²) in [5.74, 6) is 0.968. The third-order valence-electron chi connectivity index (χ3n) is 5.81. The molecule has 1 aromatic heterocycles. The first-order valence-electron chi connectivity index (χ1n) is 10.4. The number of ether oxygens (including phenoxy) is 1. The minimum Gasteiger partial charge on any atom is -0.496 e. The summed E-state index contributed by atoms with van der Waals surface area (Å²) in [5, 5.41) is 1.12. The molecule has 0 N–H and O–H groups in total. The van der Waals surface area contributed by atoms with E-state index in [2.05, 4.69) is 28.0 Å². The fourth-order valence-corrected chi connectivity index (χ4v) is 4.17. The largest absolute Gasteiger partial charge is 0.496 e. The van der Waals surface area contributed by atoms with Crippen LogP contribution in [0, 0.1) is 0 Å². The van der Waals surface area contributed by atoms with Crippen LogP contribution in [-0.4, -0.2) is 54.2 Å². The lowest BCUT2D eigenvalue weighted by atomic mass is 10.1. The van der Waals surface area contributed by atoms with Gasteiger partial charge in [0.25, 0.3) is 5.56 Å². The number of para-hydroxylation sites is 2. The van der Waals surface area contributed by atoms with E-state index in [1.807, 2.05) is 41.0 Å². The summed E-state index contributed by atoms with van der Waals surface area (Å²) in [5.41, 5.74) is 2.37. The van der Waals surface area contributed by atoms with Gasteiger partial charge in [0.2, 0.25) is 0 Å². The number of fused-ring (bicyclic) bond motifs is 1. The summed E-state index contributed by atoms with van der Waals surface area (Å²) in [7, 11) is 1.73. The second-order valence-electron chi connectivity index (χ2n) is 7.67. The van der Waals surface area contributed by atoms with Crippen LogP contribution in [0.4, 0.5) is 0 Å². The van der Waals surface area contributed by atoms with Crippen LogP contribution in [0.2, 0.25) is 0 Å². The van der Waals surface area contributed by atoms with Crippen molar-refractivity contribution in [2.75, 3.05) is 39.8 Å². The van der Waals surface area contributed by atoms with Crippen molar-refractivity contribution in [3.05, 3.63) is 76.6 Å². The monoisotopic (exact) mass is 391 g/mol. The van der Waals surface area contributed by atoms with E-state index >= 15 is 0 Å². The third-order valence-corrected chi connectivity index (χ3v) is 5.81. The van der Waals surface area contributed by atoms with E-state index < -0.39 is 0 Å². The molecule has 5 nitrogen and oxygen atoms in total. The third kappa shape index (κ3) is 4.69. The lowest BCUT2D eigenvalue weighted by Crippen LogP contribution is -2.46. The maximum Gasteiger partial charge on any atom is 0.251 e. The molecule has 0 amide bonds. The Hall–Kier alpha value is -2.63. The Morgan fingerprint density at radius 3 is 2.38 bits per heavy atom. The van der Waals surface area contributed by atoms with E-state index in [1.165, 1.54) is 5.56 Å². The molecule has 0 spiro atoms. The molecule has 2 aromatic carbocycles. The highest BCUT2D eigenvalue weighted by Gasteiger charge is 2.18. The predicted octanol–water partition coefficient (Wildman–Crippen LogP) is 3.22. The molecule has 0 atom stereocenters. The molecule has 1 saturated heterocycles. The fraction of sp³-hybridized carbons (Fsp3) is 0.375. The first-order chi connectivity index (χ1) is 14.2. The average Bonchev–Trinajstić information content (AvgIpc) is 2.77. The fourth-order valence-electron chi connectivity index (χ4n) is 4.17. The second kappa shape index (κ2) is 9.25. The summed E-state index contributed by atoms with van der Waals surface area (Å²) in [6.07, 6.45) is 0.987. The molecular formula is C24H29N3O2. The van der Waals surface area contributed by atoms with Crippen LogP contribution in [0.3, 0.4) is 0 Å². The van der Waals surface area contributed by atoms with Crippen molar-refractivity contribution in [2.24, 2.45) is 0 Å². The highest BCUT2D eigenvalue weighted by atomic mass is 16.5. The van der Waals surface area contributed by atoms with Gasteiger partial charge in [-0.25, -0.2) is 0 Å². The van der Waals surface area contributed by atoms with Gasteiger partial charge in [0.1, 0.15) is 5.75 Å². The Labute approximate surface area is 172 Å². The van der Waals surface area contributed by atoms with Crippen LogP contribution in [0.1, 0.15) is 12.0 Å². The minimum atomic E-state index is 0.0883. The molecule has 0 bridgehead atoms. The van der Waals surface area contributed by atoms with Crippen molar-refractivity contribution in [1.29, 1.82) is 0 Å². The van der Waals surface area contributed by atoms with E-state index in [9.17, 15) is 4.79 Å². The molecule has 152 valence electrons. The van der Waals surface area contributed by atoms with E-state index in [0.29, 0.717) is 0 Å². The molecule has 2 heterocycles. The van der Waals surface area contributed by atoms with Crippen LogP contribution in [0.25, 0.3) is 10.9 Å². The number of aromatic nitrogens is 1. The molecule has 1 aliphatic heterocycles. The van der Waals surface area contributed by atoms with Gasteiger partial charge >= 0.3 is 0 Å². The van der Waals surface area contributed by atoms with Crippen LogP contribution >= 0.6 is 0 Å². The smallest absolute Gasteiger partial charge is 0.251 e. The molecule has 3 aromatic rings. The van der Waals surface area contributed by atoms with Gasteiger partial charge in [-0.15, -0.1) is 0 Å². The lowest BCUT2D eigenvalue weighted by molar-refractivity contribution is 0.124. The van der Waals surface area contributed by atoms with Crippen molar-refractivity contribution in [3.63, 3.8) is 0 Å². The summed E-state index contributed by atoms with van der Waals surface area (Å²) in [6.45, 7) is 6.99. The van der Waals surface area contributed by atoms with E-state index in [-0.39, 0.29) is 5.56 Å². The zero-order chi connectivity index (χ0) is 20.1. The Morgan fingerprint density at radius 1 is 0.828 bits per heavy atom. The van der Waals surface area contributed by atoms with E-state index in [1.54, 1.807) is 13.2 Å². The number of rotatable bonds is 7. The zero-order valence-corrected chi connectivity index (χ0v) is 17.1. The van der Waals surface area contributed by atoms with Crippen molar-refractivity contribution in [3.8, 4) is 5.75 Å². The van der Waals surface area contributed by atoms with Crippen molar-refractivity contribution >= 4 is 10.9 Å². The first-order valence-corrected chi connectivity index (χ1v) is 10.4. The number of piperazine rings is 1. The summed E-state index contributed by atoms with van der Waals surface area (Å²) >= 11 is 0. The average molecular weight is 392 g/mol. The molecule has 0 aliphatic carbocycles. The van der Waals surface area contributed by atoms with Crippen molar-refractivity contribution in [2.45, 2.75) is 19.5 Å². The van der Waals surface area contributed by atoms with Crippen molar-refractivity contribution < 1.29 is 4.74 Å². The topological polar surface area (TPSA) is 37.7 Å². The number of benzene rings is 2. The summed E-state index contributed by atoms with van der Waals surface area (Å²) < 4.78 is 7.39. The highest BCUT2D eigenvalue weighted by Crippen LogP contribution is 2.20. The van der Waals surface area contributed by atoms with Crippen LogP contribution in [0.15, 0.2) is 65.5 Å². The van der Waals surface area contributed by atoms with Gasteiger partial charge in [-0.3, -0.25) is 9.69 Å². The molecule has 5 heteroatoms. The van der Waals surface area contributed by atoms with Gasteiger partial charge in [-0.1, -0.05) is 36.4 Å². The van der Waals surface area contributed by atoms with Gasteiger partial charge in [0.05, 0.1) is 12.6 Å². The second-order valence-corrected chi connectivity index (χ2v) is 7.67. The number of methoxy groups -OCH3 is 1. The van der Waals surface area contributed by atoms with Gasteiger partial charge in [0.15, 0.2) is 0 Å². The number of pyridine rings is 1. The van der Waals surface area contributed by atoms with Gasteiger partial charge in [-0.2, -0.15) is 0 Å². The number of nitrogens with zero attached hydrogens (tertiary/aromatic N) is 3. The molecule has 1 aliphatic rings. The molecule has 4 rings (SSSR count). The Kier molecular flexibility index (Phi) is 6.27. The van der Waals surface area contributed by atoms with Gasteiger partial charge in [-0.05, 0) is 36.6 Å². The van der Waals surface area contributed by atoms with Gasteiger partial charge < -0.3 is 14.2 Å². The molecule has 0 radical (unpaired) electrons. The standard InChI is InChI=1S/C24H29N3O2/c1-29-23-10-5-3-8-21(23)19-26-17-15-25(16-18-26)13-6-14-27-22-9-4-2-7-20(22)11-12-24(27)28/h2-5,7-12H,6,13-19H2,1H3. The van der Waals surface area contributed by atoms with E-state index in [4.69, 9.17) is 4.74 Å². The number of hydrogen-bond acceptors (Lipinski definition) is 4. The maximum atomic E-state index is 12.3. The molecule has 0 unspecified atom stereocenters. The highest BCUT2D eigenvalue weighted by molar-refractivity contribution is 5.78. The Balaban J connectivity index is 1.28. The summed E-state index contributed by atoms with van der Waals surface area (Å²) in [4.78, 5) is 17.3. The quantitative estimate of drug-likeness (QED) is 0.620. The van der Waals surface area contributed by atoms with Crippen molar-refractivity contribution in [1.82, 2.24) is 14.4 Å². The molecule has 0 saturated carbocycles. The normalized spacial score (nSPS) is 15.6. The number of aryl methyl sites for hydroxylation is 1. The number of hydrogen-bond donors (Lipinski definition) is 0. The molecule has 1 fully saturated rings. The predicted molar refractivity (Wildman–Crippen MR) is 118 cm³/mol. The molecule has 29 heavy (non-hydrogen) atoms. The van der Waals surface area contributed by atoms with Crippen LogP contribution in [0.5, 0.6) is 5.75 Å². The minimum absolute atomic E-state index is 0.0883. The summed E-state index contributed by atoms with van der Waals surface area (Å²) in [6, 6.07) is 20.0. The van der Waals surface area contributed by atoms with E-state index in [0.717, 1.165) is 68.9 Å². The van der Waals surface area contributed by atoms with Gasteiger partial charge in [0, 0.05) is 50.9 Å². The Morgan fingerprint density at radius 2 is 1.55 bits per heavy atom. The van der Waals surface area contributed by atoms with Crippen LogP contribution in [-0.2, 0) is 13.1 Å². The first kappa shape index (κ1) is 19.7. The zero-order valence-electron chi connectivity index (χ0n) is 17.1.